The zero-order valence-electron chi connectivity index (χ0n) is 36.1. The van der Waals surface area contributed by atoms with Crippen molar-refractivity contribution in [2.75, 3.05) is 37.5 Å². The first-order chi connectivity index (χ1) is 31.9. The second kappa shape index (κ2) is 21.8. The maximum atomic E-state index is 14.3. The molecule has 2 aliphatic rings. The molecule has 370 valence electrons. The number of hydrogen-bond acceptors (Lipinski definition) is 23. The van der Waals surface area contributed by atoms with Crippen LogP contribution < -0.4 is 17.2 Å². The molecule has 9 N–H and O–H groups in total. The predicted molar refractivity (Wildman–Crippen MR) is 238 cm³/mol. The summed E-state index contributed by atoms with van der Waals surface area (Å²) in [6.07, 6.45) is -11.5. The number of nitrogen functional groups attached to an aromatic ring is 2. The predicted octanol–water partition coefficient (Wildman–Crippen LogP) is 2.05. The van der Waals surface area contributed by atoms with Gasteiger partial charge in [0, 0.05) is 34.3 Å². The summed E-state index contributed by atoms with van der Waals surface area (Å²) in [6, 6.07) is 5.95. The van der Waals surface area contributed by atoms with Gasteiger partial charge < -0.3 is 55.3 Å². The summed E-state index contributed by atoms with van der Waals surface area (Å²) in [5.74, 6) is -1.41. The molecule has 1 unspecified atom stereocenters. The largest absolute Gasteiger partial charge is 0.472 e. The summed E-state index contributed by atoms with van der Waals surface area (Å²) < 4.78 is 65.2. The molecule has 29 nitrogen and oxygen atoms in total. The molecule has 68 heavy (non-hydrogen) atoms. The van der Waals surface area contributed by atoms with Crippen LogP contribution in [-0.2, 0) is 53.1 Å². The molecule has 0 radical (unpaired) electrons. The van der Waals surface area contributed by atoms with Gasteiger partial charge in [-0.05, 0) is 17.2 Å². The molecule has 2 saturated heterocycles. The van der Waals surface area contributed by atoms with E-state index in [1.54, 1.807) is 12.1 Å². The van der Waals surface area contributed by atoms with E-state index < -0.39 is 102 Å². The van der Waals surface area contributed by atoms with E-state index in [4.69, 9.17) is 45.0 Å². The maximum Gasteiger partial charge on any atom is 0.472 e. The summed E-state index contributed by atoms with van der Waals surface area (Å²) in [6.45, 7) is 3.51. The van der Waals surface area contributed by atoms with Gasteiger partial charge in [-0.2, -0.15) is 10.1 Å². The van der Waals surface area contributed by atoms with Crippen molar-refractivity contribution in [2.45, 2.75) is 87.2 Å². The second-order valence-electron chi connectivity index (χ2n) is 15.8. The number of ether oxygens (including phenoxy) is 4. The SMILES string of the molecule is CN(C(=O)OCc1ccc(N=[N+]=[N-])cc1)[C@H](CSSC(C)(C)C)C(=O)O[C@H]1[C@@H](O)[C@H](n2cnc3c(N)nncc32)O[C@@H]1COP(=O)(O)O[C@H]1[C@@H](O)[C@H](n2ccc(N)nc2=O)O[C@@H]1COP(=O)(O)O. The number of imidazole rings is 1. The molecule has 33 heteroatoms. The number of phosphoric acid groups is 2. The average Bonchev–Trinajstić information content (AvgIpc) is 3.92. The van der Waals surface area contributed by atoms with Crippen LogP contribution in [0.25, 0.3) is 21.5 Å². The Bertz CT molecular complexity index is 2650. The van der Waals surface area contributed by atoms with E-state index in [9.17, 15) is 48.4 Å². The Morgan fingerprint density at radius 1 is 1.01 bits per heavy atom. The van der Waals surface area contributed by atoms with Crippen LogP contribution in [0, 0.1) is 0 Å². The lowest BCUT2D eigenvalue weighted by atomic mass is 10.1. The highest BCUT2D eigenvalue weighted by Crippen LogP contribution is 2.50. The molecular formula is C35H46N12O17P2S2. The Balaban J connectivity index is 1.24. The molecule has 2 aliphatic heterocycles. The van der Waals surface area contributed by atoms with E-state index >= 15 is 0 Å². The van der Waals surface area contributed by atoms with Crippen LogP contribution in [0.15, 0.2) is 59.0 Å². The lowest BCUT2D eigenvalue weighted by molar-refractivity contribution is -0.161. The van der Waals surface area contributed by atoms with Crippen molar-refractivity contribution in [3.8, 4) is 0 Å². The Hall–Kier alpha value is -4.94. The fraction of sp³-hybridized carbons (Fsp3) is 0.514. The number of carbonyl (C=O) groups excluding carboxylic acids is 2. The summed E-state index contributed by atoms with van der Waals surface area (Å²) in [5, 5.41) is 34.1. The minimum Gasteiger partial charge on any atom is -0.455 e. The highest BCUT2D eigenvalue weighted by Gasteiger charge is 2.52. The summed E-state index contributed by atoms with van der Waals surface area (Å²) in [5.41, 5.74) is 20.4. The van der Waals surface area contributed by atoms with Gasteiger partial charge in [0.2, 0.25) is 0 Å². The first kappa shape index (κ1) is 52.4. The van der Waals surface area contributed by atoms with Crippen LogP contribution in [0.3, 0.4) is 0 Å². The van der Waals surface area contributed by atoms with Crippen molar-refractivity contribution in [3.63, 3.8) is 0 Å². The molecule has 6 rings (SSSR count). The maximum absolute atomic E-state index is 14.3. The zero-order chi connectivity index (χ0) is 49.7. The lowest BCUT2D eigenvalue weighted by Crippen LogP contribution is -2.48. The van der Waals surface area contributed by atoms with Crippen molar-refractivity contribution in [2.24, 2.45) is 5.11 Å². The number of hydrogen-bond donors (Lipinski definition) is 7. The lowest BCUT2D eigenvalue weighted by Gasteiger charge is -2.29. The number of esters is 1. The van der Waals surface area contributed by atoms with Gasteiger partial charge >= 0.3 is 33.4 Å². The number of benzene rings is 1. The van der Waals surface area contributed by atoms with E-state index in [1.807, 2.05) is 20.8 Å². The summed E-state index contributed by atoms with van der Waals surface area (Å²) in [7, 11) is -6.74. The number of nitrogens with zero attached hydrogens (tertiary/aromatic N) is 10. The first-order valence-corrected chi connectivity index (χ1v) is 25.2. The monoisotopic (exact) mass is 1030 g/mol. The van der Waals surface area contributed by atoms with Crippen LogP contribution in [0.2, 0.25) is 0 Å². The zero-order valence-corrected chi connectivity index (χ0v) is 39.5. The van der Waals surface area contributed by atoms with Gasteiger partial charge in [-0.1, -0.05) is 71.7 Å². The van der Waals surface area contributed by atoms with Crippen molar-refractivity contribution < 1.29 is 76.1 Å². The summed E-state index contributed by atoms with van der Waals surface area (Å²) >= 11 is 0. The summed E-state index contributed by atoms with van der Waals surface area (Å²) in [4.78, 5) is 81.5. The van der Waals surface area contributed by atoms with E-state index in [2.05, 4.69) is 34.7 Å². The number of anilines is 2. The number of carbonyl (C=O) groups is 2. The van der Waals surface area contributed by atoms with Crippen molar-refractivity contribution in [1.82, 2.24) is 34.2 Å². The minimum absolute atomic E-state index is 0.0660. The normalized spacial score (nSPS) is 24.2. The molecule has 1 amide bonds. The van der Waals surface area contributed by atoms with Crippen molar-refractivity contribution in [3.05, 3.63) is 75.5 Å². The Morgan fingerprint density at radius 3 is 2.31 bits per heavy atom. The minimum atomic E-state index is -5.46. The van der Waals surface area contributed by atoms with E-state index in [1.165, 1.54) is 63.9 Å². The van der Waals surface area contributed by atoms with Gasteiger partial charge in [-0.3, -0.25) is 27.6 Å². The molecule has 1 aromatic carbocycles. The Labute approximate surface area is 392 Å². The number of phosphoric ester groups is 2. The number of likely N-dealkylation sites (N-methyl/N-ethyl adjacent to an activating group) is 1. The molecule has 0 spiro atoms. The molecule has 2 fully saturated rings. The van der Waals surface area contributed by atoms with Crippen LogP contribution >= 0.6 is 37.2 Å². The highest BCUT2D eigenvalue weighted by atomic mass is 33.1. The molecule has 0 bridgehead atoms. The van der Waals surface area contributed by atoms with Gasteiger partial charge in [0.25, 0.3) is 0 Å². The Morgan fingerprint density at radius 2 is 1.66 bits per heavy atom. The topological polar surface area (TPSA) is 417 Å². The molecule has 10 atom stereocenters. The van der Waals surface area contributed by atoms with Crippen LogP contribution in [0.4, 0.5) is 22.1 Å². The quantitative estimate of drug-likeness (QED) is 0.0176. The number of aliphatic hydroxyl groups excluding tert-OH is 2. The van der Waals surface area contributed by atoms with Crippen LogP contribution in [0.1, 0.15) is 38.8 Å². The second-order valence-corrected chi connectivity index (χ2v) is 21.6. The van der Waals surface area contributed by atoms with E-state index in [0.29, 0.717) is 11.3 Å². The smallest absolute Gasteiger partial charge is 0.455 e. The highest BCUT2D eigenvalue weighted by molar-refractivity contribution is 8.77. The van der Waals surface area contributed by atoms with Crippen molar-refractivity contribution in [1.29, 1.82) is 0 Å². The third-order valence-electron chi connectivity index (χ3n) is 9.78. The third-order valence-corrected chi connectivity index (χ3v) is 14.6. The fourth-order valence-electron chi connectivity index (χ4n) is 6.59. The standard InChI is InChI=1S/C35H46N12O17P2S2/c1-35(2,3)68-67-15-20(45(4)34(52)58-12-17-5-7-18(8-6-17)42-44-38)32(50)63-27-21(61-31(25(27)48)47-16-39-24-19(47)11-40-43-29(24)37)14-60-66(56,57)64-28-22(13-59-65(53,54)55)62-30(26(28)49)46-10-9-23(36)41-33(46)51/h5-11,16,20-22,25-28,30-31,48-49H,12-15H2,1-4H3,(H2,37,43)(H,56,57)(H2,36,41,51)(H2,53,54,55)/t20-,21-,22-,25-,26-,27-,28-,30-,31-/m1/s1. The first-order valence-electron chi connectivity index (χ1n) is 19.8. The van der Waals surface area contributed by atoms with Gasteiger partial charge in [-0.15, -0.1) is 5.10 Å². The fourth-order valence-corrected chi connectivity index (χ4v) is 10.5. The number of nitrogens with two attached hydrogens (primary N) is 2. The molecule has 0 aliphatic carbocycles. The van der Waals surface area contributed by atoms with Crippen LogP contribution in [-0.4, -0.2) is 145 Å². The molecular weight excluding hydrogens is 987 g/mol. The number of aromatic nitrogens is 6. The third kappa shape index (κ3) is 13.2. The number of fused-ring (bicyclic) bond motifs is 1. The number of amides is 1. The van der Waals surface area contributed by atoms with Crippen LogP contribution in [0.5, 0.6) is 0 Å². The van der Waals surface area contributed by atoms with E-state index in [-0.39, 0.29) is 39.8 Å². The number of rotatable bonds is 19. The Kier molecular flexibility index (Phi) is 16.8. The molecule has 5 heterocycles. The number of aliphatic hydroxyl groups is 2. The van der Waals surface area contributed by atoms with Gasteiger partial charge in [-0.25, -0.2) is 28.5 Å². The average molecular weight is 1030 g/mol. The number of azide groups is 1. The van der Waals surface area contributed by atoms with Gasteiger partial charge in [0.15, 0.2) is 24.4 Å². The van der Waals surface area contributed by atoms with Gasteiger partial charge in [0.05, 0.1) is 31.3 Å². The van der Waals surface area contributed by atoms with E-state index in [0.717, 1.165) is 15.7 Å². The molecule has 3 aromatic heterocycles. The van der Waals surface area contributed by atoms with Crippen molar-refractivity contribution >= 4 is 77.7 Å². The van der Waals surface area contributed by atoms with Gasteiger partial charge in [0.1, 0.15) is 54.5 Å². The molecule has 4 aromatic rings. The molecule has 0 saturated carbocycles.